The molecule has 1 fully saturated rings. The van der Waals surface area contributed by atoms with Crippen molar-refractivity contribution in [3.8, 4) is 11.8 Å². The smallest absolute Gasteiger partial charge is 0.309 e. The number of carbonyl (C=O) groups is 3. The van der Waals surface area contributed by atoms with Crippen LogP contribution < -0.4 is 5.32 Å². The van der Waals surface area contributed by atoms with Crippen LogP contribution in [0, 0.1) is 17.2 Å². The van der Waals surface area contributed by atoms with Crippen LogP contribution in [-0.2, 0) is 14.3 Å². The Morgan fingerprint density at radius 2 is 1.91 bits per heavy atom. The first-order chi connectivity index (χ1) is 16.1. The summed E-state index contributed by atoms with van der Waals surface area (Å²) < 4.78 is 6.66. The minimum atomic E-state index is -0.567. The molecule has 33 heavy (non-hydrogen) atoms. The number of hydrogen-bond donors (Lipinski definition) is 1. The zero-order valence-corrected chi connectivity index (χ0v) is 18.5. The number of ether oxygens (including phenoxy) is 1. The van der Waals surface area contributed by atoms with E-state index < -0.39 is 18.5 Å². The lowest BCUT2D eigenvalue weighted by atomic mass is 9.97. The largest absolute Gasteiger partial charge is 0.455 e. The van der Waals surface area contributed by atoms with Crippen LogP contribution in [0.3, 0.4) is 0 Å². The van der Waals surface area contributed by atoms with Gasteiger partial charge in [0, 0.05) is 13.1 Å². The van der Waals surface area contributed by atoms with Gasteiger partial charge in [0.05, 0.1) is 22.7 Å². The molecule has 3 aromatic rings. The average molecular weight is 464 g/mol. The maximum absolute atomic E-state index is 12.4. The van der Waals surface area contributed by atoms with Gasteiger partial charge in [0.15, 0.2) is 12.4 Å². The SMILES string of the molecule is N#Cc1cnn(-c2ccccc2)c1NC(=O)COC(=O)C1CCN(C(=O)c2cccs2)CC1. The van der Waals surface area contributed by atoms with E-state index in [4.69, 9.17) is 4.74 Å². The molecule has 1 aromatic carbocycles. The van der Waals surface area contributed by atoms with Crippen LogP contribution >= 0.6 is 11.3 Å². The number of thiophene rings is 1. The third kappa shape index (κ3) is 5.10. The van der Waals surface area contributed by atoms with E-state index in [2.05, 4.69) is 10.4 Å². The summed E-state index contributed by atoms with van der Waals surface area (Å²) in [5, 5.41) is 18.0. The molecule has 10 heteroatoms. The third-order valence-electron chi connectivity index (χ3n) is 5.34. The maximum Gasteiger partial charge on any atom is 0.309 e. The second kappa shape index (κ2) is 10.1. The molecule has 0 spiro atoms. The number of piperidine rings is 1. The Morgan fingerprint density at radius 1 is 1.15 bits per heavy atom. The summed E-state index contributed by atoms with van der Waals surface area (Å²) >= 11 is 1.39. The fourth-order valence-corrected chi connectivity index (χ4v) is 4.30. The molecule has 0 bridgehead atoms. The number of benzene rings is 1. The molecule has 1 N–H and O–H groups in total. The van der Waals surface area contributed by atoms with Gasteiger partial charge in [0.1, 0.15) is 11.6 Å². The van der Waals surface area contributed by atoms with Crippen LogP contribution in [-0.4, -0.2) is 52.2 Å². The molecule has 0 radical (unpaired) electrons. The van der Waals surface area contributed by atoms with Crippen LogP contribution in [0.15, 0.2) is 54.0 Å². The van der Waals surface area contributed by atoms with Gasteiger partial charge < -0.3 is 15.0 Å². The van der Waals surface area contributed by atoms with Gasteiger partial charge in [-0.3, -0.25) is 14.4 Å². The van der Waals surface area contributed by atoms with E-state index in [1.54, 1.807) is 23.1 Å². The number of nitriles is 1. The summed E-state index contributed by atoms with van der Waals surface area (Å²) in [6, 6.07) is 14.7. The Morgan fingerprint density at radius 3 is 2.58 bits per heavy atom. The molecule has 0 atom stereocenters. The summed E-state index contributed by atoms with van der Waals surface area (Å²) in [6.07, 6.45) is 2.33. The van der Waals surface area contributed by atoms with E-state index in [0.29, 0.717) is 36.5 Å². The zero-order chi connectivity index (χ0) is 23.2. The average Bonchev–Trinajstić information content (AvgIpc) is 3.53. The quantitative estimate of drug-likeness (QED) is 0.562. The number of nitrogens with zero attached hydrogens (tertiary/aromatic N) is 4. The number of aromatic nitrogens is 2. The van der Waals surface area contributed by atoms with Crippen molar-refractivity contribution in [2.75, 3.05) is 25.0 Å². The maximum atomic E-state index is 12.4. The number of carbonyl (C=O) groups excluding carboxylic acids is 3. The van der Waals surface area contributed by atoms with E-state index in [0.717, 1.165) is 0 Å². The summed E-state index contributed by atoms with van der Waals surface area (Å²) in [5.41, 5.74) is 0.872. The van der Waals surface area contributed by atoms with Crippen LogP contribution in [0.1, 0.15) is 28.1 Å². The first kappa shape index (κ1) is 22.2. The Bertz CT molecular complexity index is 1180. The van der Waals surface area contributed by atoms with Gasteiger partial charge in [-0.15, -0.1) is 11.3 Å². The number of esters is 1. The Hall–Kier alpha value is -3.97. The minimum Gasteiger partial charge on any atom is -0.455 e. The standard InChI is InChI=1S/C23H21N5O4S/c24-13-17-14-25-28(18-5-2-1-3-6-18)21(17)26-20(29)15-32-23(31)16-8-10-27(11-9-16)22(30)19-7-4-12-33-19/h1-7,12,14,16H,8-11,15H2,(H,26,29). The lowest BCUT2D eigenvalue weighted by Gasteiger charge is -2.30. The molecule has 0 unspecified atom stereocenters. The van der Waals surface area contributed by atoms with E-state index in [9.17, 15) is 19.6 Å². The number of nitrogens with one attached hydrogen (secondary N) is 1. The highest BCUT2D eigenvalue weighted by Crippen LogP contribution is 2.22. The first-order valence-electron chi connectivity index (χ1n) is 10.4. The number of hydrogen-bond acceptors (Lipinski definition) is 7. The van der Waals surface area contributed by atoms with E-state index >= 15 is 0 Å². The normalized spacial score (nSPS) is 13.8. The minimum absolute atomic E-state index is 0.0282. The number of anilines is 1. The van der Waals surface area contributed by atoms with Gasteiger partial charge in [-0.1, -0.05) is 24.3 Å². The topological polar surface area (TPSA) is 117 Å². The molecule has 9 nitrogen and oxygen atoms in total. The summed E-state index contributed by atoms with van der Waals surface area (Å²) in [6.45, 7) is 0.451. The van der Waals surface area contributed by atoms with Gasteiger partial charge in [-0.05, 0) is 36.4 Å². The number of para-hydroxylation sites is 1. The molecule has 4 rings (SSSR count). The van der Waals surface area contributed by atoms with Crippen LogP contribution in [0.2, 0.25) is 0 Å². The monoisotopic (exact) mass is 463 g/mol. The molecule has 1 saturated heterocycles. The lowest BCUT2D eigenvalue weighted by Crippen LogP contribution is -2.40. The van der Waals surface area contributed by atoms with Gasteiger partial charge in [-0.2, -0.15) is 10.4 Å². The summed E-state index contributed by atoms with van der Waals surface area (Å²) in [4.78, 5) is 39.7. The molecule has 1 aliphatic rings. The first-order valence-corrected chi connectivity index (χ1v) is 11.3. The van der Waals surface area contributed by atoms with Gasteiger partial charge in [-0.25, -0.2) is 4.68 Å². The van der Waals surface area contributed by atoms with Crippen molar-refractivity contribution in [1.29, 1.82) is 5.26 Å². The molecule has 1 aliphatic heterocycles. The zero-order valence-electron chi connectivity index (χ0n) is 17.6. The number of likely N-dealkylation sites (tertiary alicyclic amines) is 1. The molecular weight excluding hydrogens is 442 g/mol. The molecular formula is C23H21N5O4S. The summed E-state index contributed by atoms with van der Waals surface area (Å²) in [5.74, 6) is -1.22. The molecule has 168 valence electrons. The second-order valence-corrected chi connectivity index (χ2v) is 8.41. The Balaban J connectivity index is 1.29. The van der Waals surface area contributed by atoms with E-state index in [1.165, 1.54) is 22.2 Å². The van der Waals surface area contributed by atoms with Crippen molar-refractivity contribution in [2.45, 2.75) is 12.8 Å². The molecule has 2 aromatic heterocycles. The van der Waals surface area contributed by atoms with Crippen molar-refractivity contribution in [2.24, 2.45) is 5.92 Å². The number of amides is 2. The second-order valence-electron chi connectivity index (χ2n) is 7.47. The lowest BCUT2D eigenvalue weighted by molar-refractivity contribution is -0.152. The Kier molecular flexibility index (Phi) is 6.80. The predicted octanol–water partition coefficient (Wildman–Crippen LogP) is 2.84. The Labute approximate surface area is 194 Å². The van der Waals surface area contributed by atoms with Gasteiger partial charge in [0.25, 0.3) is 11.8 Å². The van der Waals surface area contributed by atoms with Crippen LogP contribution in [0.5, 0.6) is 0 Å². The van der Waals surface area contributed by atoms with Gasteiger partial charge >= 0.3 is 5.97 Å². The van der Waals surface area contributed by atoms with Crippen LogP contribution in [0.4, 0.5) is 5.82 Å². The third-order valence-corrected chi connectivity index (χ3v) is 6.20. The molecule has 0 saturated carbocycles. The summed E-state index contributed by atoms with van der Waals surface area (Å²) in [7, 11) is 0. The van der Waals surface area contributed by atoms with Crippen molar-refractivity contribution < 1.29 is 19.1 Å². The van der Waals surface area contributed by atoms with E-state index in [-0.39, 0.29) is 23.2 Å². The van der Waals surface area contributed by atoms with Gasteiger partial charge in [0.2, 0.25) is 0 Å². The highest BCUT2D eigenvalue weighted by atomic mass is 32.1. The van der Waals surface area contributed by atoms with E-state index in [1.807, 2.05) is 35.7 Å². The molecule has 0 aliphatic carbocycles. The number of rotatable bonds is 6. The van der Waals surface area contributed by atoms with Crippen molar-refractivity contribution >= 4 is 34.9 Å². The van der Waals surface area contributed by atoms with Crippen molar-refractivity contribution in [1.82, 2.24) is 14.7 Å². The predicted molar refractivity (Wildman–Crippen MR) is 121 cm³/mol. The molecule has 2 amide bonds. The highest BCUT2D eigenvalue weighted by Gasteiger charge is 2.29. The molecule has 3 heterocycles. The fraction of sp³-hybridized carbons (Fsp3) is 0.261. The fourth-order valence-electron chi connectivity index (χ4n) is 3.61. The van der Waals surface area contributed by atoms with Crippen LogP contribution in [0.25, 0.3) is 5.69 Å². The van der Waals surface area contributed by atoms with Crippen molar-refractivity contribution in [3.63, 3.8) is 0 Å². The van der Waals surface area contributed by atoms with Crippen molar-refractivity contribution in [3.05, 3.63) is 64.5 Å². The highest BCUT2D eigenvalue weighted by molar-refractivity contribution is 7.12.